The smallest absolute Gasteiger partial charge is 0.338 e. The lowest BCUT2D eigenvalue weighted by Crippen LogP contribution is -2.85. The van der Waals surface area contributed by atoms with Crippen LogP contribution in [0.4, 0.5) is 0 Å². The molecule has 9 atom stereocenters. The maximum atomic E-state index is 13.8. The number of aliphatic hydroxyl groups is 1. The van der Waals surface area contributed by atoms with Gasteiger partial charge in [-0.3, -0.25) is 24.0 Å². The van der Waals surface area contributed by atoms with Gasteiger partial charge in [-0.25, -0.2) is 4.79 Å². The number of benzene rings is 1. The zero-order valence-electron chi connectivity index (χ0n) is 27.0. The molecule has 4 unspecified atom stereocenters. The number of hydrogen-bond acceptors (Lipinski definition) is 14. The van der Waals surface area contributed by atoms with Gasteiger partial charge in [-0.05, 0) is 32.9 Å². The molecule has 1 saturated heterocycles. The van der Waals surface area contributed by atoms with Crippen LogP contribution < -0.4 is 0 Å². The lowest BCUT2D eigenvalue weighted by molar-refractivity contribution is -0.363. The van der Waals surface area contributed by atoms with Crippen molar-refractivity contribution in [1.29, 1.82) is 0 Å². The first kappa shape index (κ1) is 34.8. The van der Waals surface area contributed by atoms with Crippen LogP contribution in [-0.2, 0) is 57.1 Å². The maximum Gasteiger partial charge on any atom is 0.338 e. The topological polar surface area (TPSA) is 187 Å². The molecule has 2 saturated carbocycles. The summed E-state index contributed by atoms with van der Waals surface area (Å²) in [5, 5.41) is 12.5. The van der Waals surface area contributed by atoms with E-state index in [2.05, 4.69) is 0 Å². The first-order valence-corrected chi connectivity index (χ1v) is 14.8. The predicted octanol–water partition coefficient (Wildman–Crippen LogP) is 1.82. The Morgan fingerprint density at radius 1 is 0.739 bits per heavy atom. The van der Waals surface area contributed by atoms with Crippen molar-refractivity contribution in [1.82, 2.24) is 0 Å². The molecular formula is C32H40O14. The van der Waals surface area contributed by atoms with Crippen LogP contribution in [0.5, 0.6) is 0 Å². The van der Waals surface area contributed by atoms with Gasteiger partial charge in [0.2, 0.25) is 0 Å². The Morgan fingerprint density at radius 2 is 1.28 bits per heavy atom. The molecule has 1 aromatic rings. The van der Waals surface area contributed by atoms with E-state index in [0.29, 0.717) is 0 Å². The molecule has 3 aliphatic rings. The van der Waals surface area contributed by atoms with Gasteiger partial charge in [0, 0.05) is 41.0 Å². The third kappa shape index (κ3) is 5.72. The van der Waals surface area contributed by atoms with Crippen LogP contribution in [0.1, 0.15) is 72.2 Å². The highest BCUT2D eigenvalue weighted by Gasteiger charge is 2.89. The van der Waals surface area contributed by atoms with E-state index in [4.69, 9.17) is 33.2 Å². The van der Waals surface area contributed by atoms with Crippen LogP contribution in [0.3, 0.4) is 0 Å². The lowest BCUT2D eigenvalue weighted by Gasteiger charge is -2.66. The molecule has 1 aromatic carbocycles. The Bertz CT molecular complexity index is 1400. The molecule has 1 N–H and O–H groups in total. The lowest BCUT2D eigenvalue weighted by atomic mass is 9.45. The Balaban J connectivity index is 2.18. The van der Waals surface area contributed by atoms with Crippen LogP contribution >= 0.6 is 0 Å². The number of carbonyl (C=O) groups is 6. The molecule has 14 nitrogen and oxygen atoms in total. The van der Waals surface area contributed by atoms with Crippen molar-refractivity contribution in [2.24, 2.45) is 11.3 Å². The summed E-state index contributed by atoms with van der Waals surface area (Å²) in [5.41, 5.74) is -7.92. The number of carbonyl (C=O) groups excluding carboxylic acids is 6. The zero-order valence-corrected chi connectivity index (χ0v) is 27.0. The van der Waals surface area contributed by atoms with E-state index >= 15 is 0 Å². The molecule has 0 amide bonds. The molecule has 0 radical (unpaired) electrons. The minimum Gasteiger partial charge on any atom is -0.465 e. The third-order valence-electron chi connectivity index (χ3n) is 9.01. The predicted molar refractivity (Wildman–Crippen MR) is 154 cm³/mol. The van der Waals surface area contributed by atoms with Gasteiger partial charge in [-0.1, -0.05) is 18.2 Å². The second kappa shape index (κ2) is 12.3. The SMILES string of the molecule is CC(=O)OC[C@]12C(OC(=O)c3ccccc3)[C@@H](OC(C)=O)C3C(OC(C)=O)C1(OC3(C)C)[C@@](C)(O)C[C@H](OC(C)=O)[C@@H]2OC(C)=O. The fraction of sp³-hybridized carbons (Fsp3) is 0.625. The second-order valence-electron chi connectivity index (χ2n) is 12.7. The largest absolute Gasteiger partial charge is 0.465 e. The van der Waals surface area contributed by atoms with E-state index in [-0.39, 0.29) is 5.56 Å². The second-order valence-corrected chi connectivity index (χ2v) is 12.7. The third-order valence-corrected chi connectivity index (χ3v) is 9.01. The first-order valence-electron chi connectivity index (χ1n) is 14.8. The van der Waals surface area contributed by atoms with Crippen molar-refractivity contribution >= 4 is 35.8 Å². The quantitative estimate of drug-likeness (QED) is 0.318. The molecule has 46 heavy (non-hydrogen) atoms. The van der Waals surface area contributed by atoms with E-state index < -0.39 is 107 Å². The van der Waals surface area contributed by atoms with Gasteiger partial charge in [0.05, 0.1) is 22.7 Å². The minimum absolute atomic E-state index is 0.0820. The van der Waals surface area contributed by atoms with Gasteiger partial charge in [0.15, 0.2) is 17.8 Å². The van der Waals surface area contributed by atoms with Gasteiger partial charge < -0.3 is 38.3 Å². The molecule has 2 bridgehead atoms. The van der Waals surface area contributed by atoms with Gasteiger partial charge in [0.1, 0.15) is 30.3 Å². The average molecular weight is 649 g/mol. The molecule has 3 fully saturated rings. The summed E-state index contributed by atoms with van der Waals surface area (Å²) in [4.78, 5) is 77.1. The summed E-state index contributed by atoms with van der Waals surface area (Å²) in [6.07, 6.45) is -8.28. The van der Waals surface area contributed by atoms with Crippen molar-refractivity contribution < 1.29 is 67.0 Å². The summed E-state index contributed by atoms with van der Waals surface area (Å²) in [5.74, 6) is -6.19. The Hall–Kier alpha value is -4.04. The van der Waals surface area contributed by atoms with Crippen LogP contribution in [0.15, 0.2) is 30.3 Å². The molecule has 14 heteroatoms. The Labute approximate surface area is 265 Å². The highest BCUT2D eigenvalue weighted by atomic mass is 16.7. The number of rotatable bonds is 8. The highest BCUT2D eigenvalue weighted by molar-refractivity contribution is 5.89. The van der Waals surface area contributed by atoms with Gasteiger partial charge in [-0.2, -0.15) is 0 Å². The van der Waals surface area contributed by atoms with Crippen LogP contribution in [0.25, 0.3) is 0 Å². The van der Waals surface area contributed by atoms with Crippen LogP contribution in [0.2, 0.25) is 0 Å². The van der Waals surface area contributed by atoms with Crippen molar-refractivity contribution in [2.75, 3.05) is 6.61 Å². The monoisotopic (exact) mass is 648 g/mol. The minimum atomic E-state index is -2.25. The van der Waals surface area contributed by atoms with E-state index in [9.17, 15) is 33.9 Å². The van der Waals surface area contributed by atoms with Gasteiger partial charge in [0.25, 0.3) is 0 Å². The normalized spacial score (nSPS) is 35.5. The molecule has 4 rings (SSSR count). The van der Waals surface area contributed by atoms with Crippen LogP contribution in [-0.4, -0.2) is 94.9 Å². The maximum absolute atomic E-state index is 13.8. The zero-order chi connectivity index (χ0) is 34.4. The highest BCUT2D eigenvalue weighted by Crippen LogP contribution is 2.69. The van der Waals surface area contributed by atoms with Crippen LogP contribution in [0, 0.1) is 11.3 Å². The van der Waals surface area contributed by atoms with E-state index in [1.54, 1.807) is 32.0 Å². The summed E-state index contributed by atoms with van der Waals surface area (Å²) >= 11 is 0. The number of fused-ring (bicyclic) bond motifs is 1. The Kier molecular flexibility index (Phi) is 9.30. The van der Waals surface area contributed by atoms with E-state index in [0.717, 1.165) is 34.6 Å². The Morgan fingerprint density at radius 3 is 1.80 bits per heavy atom. The number of ether oxygens (including phenoxy) is 7. The standard InChI is InChI=1S/C32H40O14/c1-16(33)40-15-31-25(43-19(4)36)22(41-17(2)34)14-30(8,39)32(31)26(44-20(5)37)23(29(6,7)46-32)24(42-18(3)35)27(31)45-28(38)21-12-10-9-11-13-21/h9-13,22-27,39H,14-15H2,1-8H3/t22-,23?,24-,25-,26?,27?,30-,31-,32?/m0/s1. The number of hydrogen-bond donors (Lipinski definition) is 1. The van der Waals surface area contributed by atoms with Crippen molar-refractivity contribution in [2.45, 2.75) is 109 Å². The van der Waals surface area contributed by atoms with Gasteiger partial charge >= 0.3 is 35.8 Å². The number of esters is 6. The van der Waals surface area contributed by atoms with Gasteiger partial charge in [-0.15, -0.1) is 0 Å². The molecule has 1 heterocycles. The average Bonchev–Trinajstić information content (AvgIpc) is 3.12. The summed E-state index contributed by atoms with van der Waals surface area (Å²) in [6.45, 7) is 9.26. The van der Waals surface area contributed by atoms with Crippen molar-refractivity contribution in [3.8, 4) is 0 Å². The van der Waals surface area contributed by atoms with E-state index in [1.807, 2.05) is 0 Å². The summed E-state index contributed by atoms with van der Waals surface area (Å²) < 4.78 is 41.9. The molecule has 1 aliphatic heterocycles. The molecule has 1 spiro atoms. The molecular weight excluding hydrogens is 608 g/mol. The van der Waals surface area contributed by atoms with E-state index in [1.165, 1.54) is 19.1 Å². The van der Waals surface area contributed by atoms with Crippen molar-refractivity contribution in [3.63, 3.8) is 0 Å². The fourth-order valence-corrected chi connectivity index (χ4v) is 7.81. The summed E-state index contributed by atoms with van der Waals surface area (Å²) in [7, 11) is 0. The molecule has 252 valence electrons. The molecule has 0 aromatic heterocycles. The summed E-state index contributed by atoms with van der Waals surface area (Å²) in [6, 6.07) is 7.80. The van der Waals surface area contributed by atoms with Crippen molar-refractivity contribution in [3.05, 3.63) is 35.9 Å². The fourth-order valence-electron chi connectivity index (χ4n) is 7.81. The first-order chi connectivity index (χ1) is 21.3. The molecule has 2 aliphatic carbocycles.